The molecule has 1 rings (SSSR count). The normalized spacial score (nSPS) is 9.56. The van der Waals surface area contributed by atoms with Crippen LogP contribution in [0.5, 0.6) is 5.75 Å². The lowest BCUT2D eigenvalue weighted by Gasteiger charge is -2.08. The molecule has 1 amide bonds. The molecule has 2 N–H and O–H groups in total. The Bertz CT molecular complexity index is 394. The third kappa shape index (κ3) is 3.90. The van der Waals surface area contributed by atoms with Crippen molar-refractivity contribution in [3.8, 4) is 5.75 Å². The highest BCUT2D eigenvalue weighted by Crippen LogP contribution is 2.21. The number of carbonyl (C=O) groups excluding carboxylic acids is 2. The monoisotopic (exact) mass is 287 g/mol. The Hall–Kier alpha value is -1.56. The van der Waals surface area contributed by atoms with Crippen LogP contribution in [0.25, 0.3) is 0 Å². The van der Waals surface area contributed by atoms with E-state index < -0.39 is 6.09 Å². The van der Waals surface area contributed by atoms with E-state index in [1.165, 1.54) is 0 Å². The molecule has 1 aromatic carbocycles. The second-order valence-electron chi connectivity index (χ2n) is 2.82. The lowest BCUT2D eigenvalue weighted by Crippen LogP contribution is -2.17. The zero-order valence-electron chi connectivity index (χ0n) is 8.31. The van der Waals surface area contributed by atoms with Crippen molar-refractivity contribution in [2.45, 2.75) is 0 Å². The zero-order valence-corrected chi connectivity index (χ0v) is 9.90. The molecule has 0 spiro atoms. The largest absolute Gasteiger partial charge is 0.489 e. The van der Waals surface area contributed by atoms with Gasteiger partial charge in [0.05, 0.1) is 5.56 Å². The number of primary amides is 1. The maximum absolute atomic E-state index is 10.7. The fourth-order valence-electron chi connectivity index (χ4n) is 1.04. The van der Waals surface area contributed by atoms with Gasteiger partial charge in [0.15, 0.2) is 6.29 Å². The highest BCUT2D eigenvalue weighted by molar-refractivity contribution is 9.10. The van der Waals surface area contributed by atoms with Gasteiger partial charge in [-0.3, -0.25) is 4.79 Å². The molecule has 0 unspecified atom stereocenters. The molecule has 0 bridgehead atoms. The number of rotatable bonds is 5. The second kappa shape index (κ2) is 6.12. The topological polar surface area (TPSA) is 78.6 Å². The quantitative estimate of drug-likeness (QED) is 0.661. The van der Waals surface area contributed by atoms with Crippen molar-refractivity contribution in [1.82, 2.24) is 0 Å². The minimum absolute atomic E-state index is 0.0453. The Morgan fingerprint density at radius 3 is 2.81 bits per heavy atom. The van der Waals surface area contributed by atoms with E-state index in [2.05, 4.69) is 20.7 Å². The Labute approximate surface area is 101 Å². The van der Waals surface area contributed by atoms with Crippen LogP contribution in [0.3, 0.4) is 0 Å². The summed E-state index contributed by atoms with van der Waals surface area (Å²) in [5.41, 5.74) is 5.19. The van der Waals surface area contributed by atoms with Crippen LogP contribution in [-0.2, 0) is 4.74 Å². The summed E-state index contributed by atoms with van der Waals surface area (Å²) >= 11 is 3.24. The van der Waals surface area contributed by atoms with E-state index in [0.29, 0.717) is 17.6 Å². The van der Waals surface area contributed by atoms with Crippen molar-refractivity contribution in [1.29, 1.82) is 0 Å². The first kappa shape index (κ1) is 12.5. The standard InChI is InChI=1S/C10H10BrNO4/c11-8-1-2-9(7(5-8)6-13)15-3-4-16-10(12)14/h1-2,5-6H,3-4H2,(H2,12,14). The Kier molecular flexibility index (Phi) is 4.78. The van der Waals surface area contributed by atoms with E-state index in [9.17, 15) is 9.59 Å². The van der Waals surface area contributed by atoms with Crippen LogP contribution in [0.2, 0.25) is 0 Å². The predicted molar refractivity (Wildman–Crippen MR) is 60.6 cm³/mol. The maximum atomic E-state index is 10.7. The van der Waals surface area contributed by atoms with E-state index in [0.717, 1.165) is 4.47 Å². The second-order valence-corrected chi connectivity index (χ2v) is 3.73. The number of benzene rings is 1. The first-order valence-electron chi connectivity index (χ1n) is 4.43. The lowest BCUT2D eigenvalue weighted by molar-refractivity contribution is 0.111. The third-order valence-electron chi connectivity index (χ3n) is 1.68. The van der Waals surface area contributed by atoms with Gasteiger partial charge in [0.25, 0.3) is 0 Å². The fourth-order valence-corrected chi connectivity index (χ4v) is 1.42. The molecule has 0 aliphatic heterocycles. The van der Waals surface area contributed by atoms with Crippen LogP contribution in [0.15, 0.2) is 22.7 Å². The summed E-state index contributed by atoms with van der Waals surface area (Å²) < 4.78 is 10.5. The molecule has 16 heavy (non-hydrogen) atoms. The fraction of sp³-hybridized carbons (Fsp3) is 0.200. The number of ether oxygens (including phenoxy) is 2. The van der Waals surface area contributed by atoms with E-state index in [1.807, 2.05) is 0 Å². The number of aldehydes is 1. The van der Waals surface area contributed by atoms with Gasteiger partial charge >= 0.3 is 6.09 Å². The molecule has 1 aromatic rings. The van der Waals surface area contributed by atoms with E-state index in [1.54, 1.807) is 18.2 Å². The van der Waals surface area contributed by atoms with Crippen LogP contribution in [0, 0.1) is 0 Å². The van der Waals surface area contributed by atoms with Gasteiger partial charge < -0.3 is 15.2 Å². The van der Waals surface area contributed by atoms with Crippen molar-refractivity contribution < 1.29 is 19.1 Å². The SMILES string of the molecule is NC(=O)OCCOc1ccc(Br)cc1C=O. The molecule has 0 fully saturated rings. The smallest absolute Gasteiger partial charge is 0.404 e. The summed E-state index contributed by atoms with van der Waals surface area (Å²) in [6.07, 6.45) is -0.162. The molecular weight excluding hydrogens is 278 g/mol. The first-order chi connectivity index (χ1) is 7.63. The molecule has 5 nitrogen and oxygen atoms in total. The lowest BCUT2D eigenvalue weighted by atomic mass is 10.2. The minimum atomic E-state index is -0.852. The van der Waals surface area contributed by atoms with Crippen LogP contribution < -0.4 is 10.5 Å². The third-order valence-corrected chi connectivity index (χ3v) is 2.18. The molecule has 0 saturated heterocycles. The van der Waals surface area contributed by atoms with Gasteiger partial charge in [-0.05, 0) is 18.2 Å². The highest BCUT2D eigenvalue weighted by atomic mass is 79.9. The summed E-state index contributed by atoms with van der Waals surface area (Å²) in [6.45, 7) is 0.190. The molecule has 6 heteroatoms. The van der Waals surface area contributed by atoms with Gasteiger partial charge in [0.2, 0.25) is 0 Å². The van der Waals surface area contributed by atoms with Crippen molar-refractivity contribution in [2.24, 2.45) is 5.73 Å². The van der Waals surface area contributed by atoms with E-state index in [4.69, 9.17) is 10.5 Å². The number of carbonyl (C=O) groups is 2. The number of halogens is 1. The molecule has 0 aliphatic rings. The molecule has 0 aliphatic carbocycles. The van der Waals surface area contributed by atoms with Crippen molar-refractivity contribution in [3.05, 3.63) is 28.2 Å². The molecule has 0 atom stereocenters. The molecular formula is C10H10BrNO4. The Morgan fingerprint density at radius 1 is 1.44 bits per heavy atom. The van der Waals surface area contributed by atoms with Crippen LogP contribution >= 0.6 is 15.9 Å². The van der Waals surface area contributed by atoms with Gasteiger partial charge in [0, 0.05) is 4.47 Å². The van der Waals surface area contributed by atoms with Gasteiger partial charge in [-0.25, -0.2) is 4.79 Å². The zero-order chi connectivity index (χ0) is 12.0. The number of hydrogen-bond acceptors (Lipinski definition) is 4. The summed E-state index contributed by atoms with van der Waals surface area (Å²) in [7, 11) is 0. The van der Waals surface area contributed by atoms with Gasteiger partial charge in [-0.1, -0.05) is 15.9 Å². The van der Waals surface area contributed by atoms with Crippen molar-refractivity contribution >= 4 is 28.3 Å². The minimum Gasteiger partial charge on any atom is -0.489 e. The summed E-state index contributed by atoms with van der Waals surface area (Å²) in [6, 6.07) is 5.03. The van der Waals surface area contributed by atoms with E-state index >= 15 is 0 Å². The van der Waals surface area contributed by atoms with Gasteiger partial charge in [0.1, 0.15) is 19.0 Å². The molecule has 0 heterocycles. The molecule has 86 valence electrons. The van der Waals surface area contributed by atoms with Gasteiger partial charge in [-0.2, -0.15) is 0 Å². The van der Waals surface area contributed by atoms with Crippen LogP contribution in [0.4, 0.5) is 4.79 Å². The molecule has 0 saturated carbocycles. The van der Waals surface area contributed by atoms with Crippen molar-refractivity contribution in [3.63, 3.8) is 0 Å². The summed E-state index contributed by atoms with van der Waals surface area (Å²) in [4.78, 5) is 21.0. The number of hydrogen-bond donors (Lipinski definition) is 1. The maximum Gasteiger partial charge on any atom is 0.404 e. The first-order valence-corrected chi connectivity index (χ1v) is 5.22. The predicted octanol–water partition coefficient (Wildman–Crippen LogP) is 1.74. The average Bonchev–Trinajstić information content (AvgIpc) is 2.25. The van der Waals surface area contributed by atoms with Crippen LogP contribution in [0.1, 0.15) is 10.4 Å². The number of nitrogens with two attached hydrogens (primary N) is 1. The molecule has 0 radical (unpaired) electrons. The Balaban J connectivity index is 2.53. The average molecular weight is 288 g/mol. The summed E-state index contributed by atoms with van der Waals surface area (Å²) in [5.74, 6) is 0.436. The van der Waals surface area contributed by atoms with Gasteiger partial charge in [-0.15, -0.1) is 0 Å². The Morgan fingerprint density at radius 2 is 2.19 bits per heavy atom. The van der Waals surface area contributed by atoms with Crippen molar-refractivity contribution in [2.75, 3.05) is 13.2 Å². The van der Waals surface area contributed by atoms with E-state index in [-0.39, 0.29) is 13.2 Å². The number of amides is 1. The van der Waals surface area contributed by atoms with Crippen LogP contribution in [-0.4, -0.2) is 25.6 Å². The molecule has 0 aromatic heterocycles. The highest BCUT2D eigenvalue weighted by Gasteiger charge is 2.03. The summed E-state index contributed by atoms with van der Waals surface area (Å²) in [5, 5.41) is 0.